The van der Waals surface area contributed by atoms with Crippen molar-refractivity contribution in [2.75, 3.05) is 13.1 Å². The van der Waals surface area contributed by atoms with E-state index < -0.39 is 0 Å². The first-order chi connectivity index (χ1) is 8.70. The van der Waals surface area contributed by atoms with Gasteiger partial charge in [0.05, 0.1) is 6.54 Å². The standard InChI is InChI=1S/C14H15FN2O/c15-13-9-11(3-1-7-16)5-6-12(13)10-17-8-2-4-14(17)18/h5-6,9H,2,4,7-8,10,16H2. The molecule has 1 fully saturated rings. The van der Waals surface area contributed by atoms with Crippen molar-refractivity contribution in [3.8, 4) is 11.8 Å². The molecule has 0 spiro atoms. The number of likely N-dealkylation sites (tertiary alicyclic amines) is 1. The Kier molecular flexibility index (Phi) is 3.96. The van der Waals surface area contributed by atoms with E-state index in [2.05, 4.69) is 11.8 Å². The second-order valence-electron chi connectivity index (χ2n) is 4.23. The van der Waals surface area contributed by atoms with Gasteiger partial charge in [0.25, 0.3) is 0 Å². The predicted molar refractivity (Wildman–Crippen MR) is 67.0 cm³/mol. The summed E-state index contributed by atoms with van der Waals surface area (Å²) in [5.41, 5.74) is 6.39. The van der Waals surface area contributed by atoms with E-state index in [0.717, 1.165) is 6.42 Å². The molecule has 2 rings (SSSR count). The number of hydrogen-bond acceptors (Lipinski definition) is 2. The molecule has 1 aromatic carbocycles. The van der Waals surface area contributed by atoms with Crippen LogP contribution in [0.25, 0.3) is 0 Å². The van der Waals surface area contributed by atoms with E-state index in [1.54, 1.807) is 17.0 Å². The SMILES string of the molecule is NCC#Cc1ccc(CN2CCCC2=O)c(F)c1. The number of carbonyl (C=O) groups excluding carboxylic acids is 1. The third-order valence-electron chi connectivity index (χ3n) is 2.92. The van der Waals surface area contributed by atoms with Crippen molar-refractivity contribution in [3.63, 3.8) is 0 Å². The average Bonchev–Trinajstić information content (AvgIpc) is 2.75. The van der Waals surface area contributed by atoms with Crippen molar-refractivity contribution in [2.45, 2.75) is 19.4 Å². The molecule has 0 aromatic heterocycles. The summed E-state index contributed by atoms with van der Waals surface area (Å²) in [5.74, 6) is 5.23. The molecule has 0 bridgehead atoms. The van der Waals surface area contributed by atoms with Crippen LogP contribution in [0.2, 0.25) is 0 Å². The number of rotatable bonds is 2. The molecule has 1 aromatic rings. The van der Waals surface area contributed by atoms with Crippen LogP contribution in [0.1, 0.15) is 24.0 Å². The van der Waals surface area contributed by atoms with Crippen LogP contribution in [-0.2, 0) is 11.3 Å². The summed E-state index contributed by atoms with van der Waals surface area (Å²) >= 11 is 0. The summed E-state index contributed by atoms with van der Waals surface area (Å²) in [7, 11) is 0. The predicted octanol–water partition coefficient (Wildman–Crippen LogP) is 1.26. The maximum absolute atomic E-state index is 13.8. The van der Waals surface area contributed by atoms with Gasteiger partial charge in [-0.2, -0.15) is 0 Å². The molecule has 0 saturated carbocycles. The first-order valence-corrected chi connectivity index (χ1v) is 5.96. The number of halogens is 1. The lowest BCUT2D eigenvalue weighted by Gasteiger charge is -2.15. The first-order valence-electron chi connectivity index (χ1n) is 5.96. The Bertz CT molecular complexity index is 516. The molecule has 4 heteroatoms. The number of nitrogens with two attached hydrogens (primary N) is 1. The Morgan fingerprint density at radius 2 is 2.28 bits per heavy atom. The van der Waals surface area contributed by atoms with Crippen molar-refractivity contribution in [1.82, 2.24) is 4.90 Å². The lowest BCUT2D eigenvalue weighted by atomic mass is 10.1. The second-order valence-corrected chi connectivity index (χ2v) is 4.23. The van der Waals surface area contributed by atoms with Gasteiger partial charge in [0.15, 0.2) is 0 Å². The molecule has 94 valence electrons. The highest BCUT2D eigenvalue weighted by Gasteiger charge is 2.21. The van der Waals surface area contributed by atoms with Crippen molar-refractivity contribution in [3.05, 3.63) is 35.1 Å². The molecule has 18 heavy (non-hydrogen) atoms. The summed E-state index contributed by atoms with van der Waals surface area (Å²) in [4.78, 5) is 13.1. The van der Waals surface area contributed by atoms with Gasteiger partial charge in [-0.3, -0.25) is 4.79 Å². The summed E-state index contributed by atoms with van der Waals surface area (Å²) < 4.78 is 13.8. The van der Waals surface area contributed by atoms with Gasteiger partial charge in [-0.1, -0.05) is 17.9 Å². The fraction of sp³-hybridized carbons (Fsp3) is 0.357. The molecule has 0 aliphatic carbocycles. The minimum Gasteiger partial charge on any atom is -0.338 e. The number of benzene rings is 1. The number of nitrogens with zero attached hydrogens (tertiary/aromatic N) is 1. The van der Waals surface area contributed by atoms with Gasteiger partial charge in [-0.15, -0.1) is 0 Å². The molecule has 0 unspecified atom stereocenters. The van der Waals surface area contributed by atoms with Gasteiger partial charge >= 0.3 is 0 Å². The largest absolute Gasteiger partial charge is 0.338 e. The van der Waals surface area contributed by atoms with E-state index in [1.165, 1.54) is 6.07 Å². The lowest BCUT2D eigenvalue weighted by molar-refractivity contribution is -0.128. The Balaban J connectivity index is 2.12. The highest BCUT2D eigenvalue weighted by Crippen LogP contribution is 2.17. The zero-order valence-corrected chi connectivity index (χ0v) is 10.1. The van der Waals surface area contributed by atoms with E-state index in [4.69, 9.17) is 5.73 Å². The van der Waals surface area contributed by atoms with Crippen LogP contribution in [0.3, 0.4) is 0 Å². The molecule has 0 atom stereocenters. The highest BCUT2D eigenvalue weighted by molar-refractivity contribution is 5.78. The molecule has 3 nitrogen and oxygen atoms in total. The lowest BCUT2D eigenvalue weighted by Crippen LogP contribution is -2.24. The smallest absolute Gasteiger partial charge is 0.222 e. The molecular weight excluding hydrogens is 231 g/mol. The monoisotopic (exact) mass is 246 g/mol. The maximum Gasteiger partial charge on any atom is 0.222 e. The van der Waals surface area contributed by atoms with E-state index in [1.807, 2.05) is 0 Å². The Morgan fingerprint density at radius 1 is 1.44 bits per heavy atom. The van der Waals surface area contributed by atoms with Gasteiger partial charge < -0.3 is 10.6 Å². The van der Waals surface area contributed by atoms with Crippen LogP contribution >= 0.6 is 0 Å². The van der Waals surface area contributed by atoms with Gasteiger partial charge in [-0.05, 0) is 18.6 Å². The van der Waals surface area contributed by atoms with Gasteiger partial charge in [0.2, 0.25) is 5.91 Å². The van der Waals surface area contributed by atoms with Gasteiger partial charge in [-0.25, -0.2) is 4.39 Å². The van der Waals surface area contributed by atoms with Crippen LogP contribution in [0.5, 0.6) is 0 Å². The number of amides is 1. The van der Waals surface area contributed by atoms with Crippen molar-refractivity contribution in [1.29, 1.82) is 0 Å². The molecular formula is C14H15FN2O. The minimum absolute atomic E-state index is 0.0985. The second kappa shape index (κ2) is 5.65. The fourth-order valence-electron chi connectivity index (χ4n) is 1.98. The molecule has 2 N–H and O–H groups in total. The van der Waals surface area contributed by atoms with Crippen LogP contribution in [0.4, 0.5) is 4.39 Å². The van der Waals surface area contributed by atoms with Crippen LogP contribution in [0, 0.1) is 17.7 Å². The summed E-state index contributed by atoms with van der Waals surface area (Å²) in [5, 5.41) is 0. The van der Waals surface area contributed by atoms with Crippen molar-refractivity contribution < 1.29 is 9.18 Å². The topological polar surface area (TPSA) is 46.3 Å². The normalized spacial score (nSPS) is 14.6. The molecule has 0 radical (unpaired) electrons. The summed E-state index contributed by atoms with van der Waals surface area (Å²) in [6.07, 6.45) is 1.43. The summed E-state index contributed by atoms with van der Waals surface area (Å²) in [6.45, 7) is 1.31. The molecule has 1 saturated heterocycles. The molecule has 1 aliphatic heterocycles. The van der Waals surface area contributed by atoms with Gasteiger partial charge in [0.1, 0.15) is 5.82 Å². The van der Waals surface area contributed by atoms with E-state index in [0.29, 0.717) is 30.6 Å². The third-order valence-corrected chi connectivity index (χ3v) is 2.92. The van der Waals surface area contributed by atoms with Crippen molar-refractivity contribution in [2.24, 2.45) is 5.73 Å². The maximum atomic E-state index is 13.8. The van der Waals surface area contributed by atoms with Crippen molar-refractivity contribution >= 4 is 5.91 Å². The van der Waals surface area contributed by atoms with E-state index >= 15 is 0 Å². The summed E-state index contributed by atoms with van der Waals surface area (Å²) in [6, 6.07) is 4.82. The first kappa shape index (κ1) is 12.6. The quantitative estimate of drug-likeness (QED) is 0.798. The fourth-order valence-corrected chi connectivity index (χ4v) is 1.98. The zero-order valence-electron chi connectivity index (χ0n) is 10.1. The zero-order chi connectivity index (χ0) is 13.0. The Labute approximate surface area is 106 Å². The van der Waals surface area contributed by atoms with Crippen LogP contribution < -0.4 is 5.73 Å². The molecule has 1 heterocycles. The number of carbonyl (C=O) groups is 1. The van der Waals surface area contributed by atoms with Gasteiger partial charge in [0, 0.05) is 30.6 Å². The molecule has 1 amide bonds. The number of hydrogen-bond donors (Lipinski definition) is 1. The van der Waals surface area contributed by atoms with E-state index in [9.17, 15) is 9.18 Å². The minimum atomic E-state index is -0.321. The van der Waals surface area contributed by atoms with E-state index in [-0.39, 0.29) is 18.3 Å². The van der Waals surface area contributed by atoms with Crippen LogP contribution in [0.15, 0.2) is 18.2 Å². The highest BCUT2D eigenvalue weighted by atomic mass is 19.1. The van der Waals surface area contributed by atoms with Crippen LogP contribution in [-0.4, -0.2) is 23.9 Å². The Hall–Kier alpha value is -1.86. The third kappa shape index (κ3) is 2.88. The average molecular weight is 246 g/mol. The Morgan fingerprint density at radius 3 is 2.89 bits per heavy atom. The molecule has 1 aliphatic rings.